The van der Waals surface area contributed by atoms with Gasteiger partial charge in [0.2, 0.25) is 0 Å². The summed E-state index contributed by atoms with van der Waals surface area (Å²) >= 11 is 1.77. The molecule has 3 nitrogen and oxygen atoms in total. The Labute approximate surface area is 118 Å². The van der Waals surface area contributed by atoms with Gasteiger partial charge in [-0.2, -0.15) is 5.10 Å². The predicted octanol–water partition coefficient (Wildman–Crippen LogP) is 2.83. The molecular formula is C15H19N3S. The summed E-state index contributed by atoms with van der Waals surface area (Å²) < 4.78 is 1.94. The Balaban J connectivity index is 1.93. The normalized spacial score (nSPS) is 13.8. The van der Waals surface area contributed by atoms with Gasteiger partial charge in [-0.15, -0.1) is 0 Å². The molecular weight excluding hydrogens is 254 g/mol. The second kappa shape index (κ2) is 5.02. The Hall–Kier alpha value is -1.26. The lowest BCUT2D eigenvalue weighted by Gasteiger charge is -2.07. The average molecular weight is 273 g/mol. The lowest BCUT2D eigenvalue weighted by atomic mass is 10.1. The maximum Gasteiger partial charge on any atom is 0.103 e. The molecule has 1 aromatic heterocycles. The summed E-state index contributed by atoms with van der Waals surface area (Å²) in [4.78, 5) is 1.29. The van der Waals surface area contributed by atoms with Crippen LogP contribution in [0.25, 0.3) is 0 Å². The standard InChI is InChI=1S/C15H19N3S/c1-10-14(9-16)15(18(2)17-10)19-13-7-6-11-4-3-5-12(11)8-13/h6-8H,3-5,9,16H2,1-2H3. The van der Waals surface area contributed by atoms with Gasteiger partial charge in [0.15, 0.2) is 0 Å². The van der Waals surface area contributed by atoms with Gasteiger partial charge in [0.05, 0.1) is 5.69 Å². The zero-order valence-corrected chi connectivity index (χ0v) is 12.3. The SMILES string of the molecule is Cc1nn(C)c(Sc2ccc3c(c2)CCC3)c1CN. The molecule has 4 heteroatoms. The van der Waals surface area contributed by atoms with Gasteiger partial charge in [-0.1, -0.05) is 17.8 Å². The third-order valence-corrected chi connectivity index (χ3v) is 4.97. The third kappa shape index (κ3) is 2.30. The van der Waals surface area contributed by atoms with Crippen molar-refractivity contribution in [3.8, 4) is 0 Å². The molecule has 0 saturated carbocycles. The second-order valence-electron chi connectivity index (χ2n) is 5.08. The number of fused-ring (bicyclic) bond motifs is 1. The number of hydrogen-bond donors (Lipinski definition) is 1. The highest BCUT2D eigenvalue weighted by Gasteiger charge is 2.15. The minimum absolute atomic E-state index is 0.549. The summed E-state index contributed by atoms with van der Waals surface area (Å²) in [6, 6.07) is 6.82. The van der Waals surface area contributed by atoms with Crippen molar-refractivity contribution in [1.29, 1.82) is 0 Å². The van der Waals surface area contributed by atoms with Crippen LogP contribution < -0.4 is 5.73 Å². The molecule has 0 unspecified atom stereocenters. The van der Waals surface area contributed by atoms with Crippen LogP contribution in [0, 0.1) is 6.92 Å². The van der Waals surface area contributed by atoms with Gasteiger partial charge >= 0.3 is 0 Å². The number of aromatic nitrogens is 2. The summed E-state index contributed by atoms with van der Waals surface area (Å²) in [7, 11) is 1.99. The van der Waals surface area contributed by atoms with E-state index in [-0.39, 0.29) is 0 Å². The zero-order valence-electron chi connectivity index (χ0n) is 11.4. The van der Waals surface area contributed by atoms with E-state index in [0.29, 0.717) is 6.54 Å². The van der Waals surface area contributed by atoms with E-state index in [4.69, 9.17) is 5.73 Å². The molecule has 1 heterocycles. The van der Waals surface area contributed by atoms with Gasteiger partial charge in [0.25, 0.3) is 0 Å². The number of nitrogens with zero attached hydrogens (tertiary/aromatic N) is 2. The summed E-state index contributed by atoms with van der Waals surface area (Å²) in [5, 5.41) is 5.63. The molecule has 0 bridgehead atoms. The molecule has 0 spiro atoms. The van der Waals surface area contributed by atoms with Crippen LogP contribution in [0.3, 0.4) is 0 Å². The van der Waals surface area contributed by atoms with Gasteiger partial charge in [0.1, 0.15) is 5.03 Å². The number of benzene rings is 1. The quantitative estimate of drug-likeness (QED) is 0.935. The minimum atomic E-state index is 0.549. The predicted molar refractivity (Wildman–Crippen MR) is 78.4 cm³/mol. The minimum Gasteiger partial charge on any atom is -0.326 e. The Morgan fingerprint density at radius 2 is 2.11 bits per heavy atom. The van der Waals surface area contributed by atoms with E-state index in [1.165, 1.54) is 35.3 Å². The van der Waals surface area contributed by atoms with E-state index in [1.54, 1.807) is 11.8 Å². The fourth-order valence-electron chi connectivity index (χ4n) is 2.77. The van der Waals surface area contributed by atoms with Crippen LogP contribution in [0.4, 0.5) is 0 Å². The Morgan fingerprint density at radius 3 is 2.89 bits per heavy atom. The largest absolute Gasteiger partial charge is 0.326 e. The molecule has 2 aromatic rings. The monoisotopic (exact) mass is 273 g/mol. The Morgan fingerprint density at radius 1 is 1.32 bits per heavy atom. The van der Waals surface area contributed by atoms with Gasteiger partial charge < -0.3 is 5.73 Å². The highest BCUT2D eigenvalue weighted by Crippen LogP contribution is 2.34. The Kier molecular flexibility index (Phi) is 3.37. The van der Waals surface area contributed by atoms with E-state index in [1.807, 2.05) is 18.7 Å². The van der Waals surface area contributed by atoms with Crippen molar-refractivity contribution in [2.45, 2.75) is 42.7 Å². The van der Waals surface area contributed by atoms with E-state index < -0.39 is 0 Å². The van der Waals surface area contributed by atoms with Gasteiger partial charge in [-0.25, -0.2) is 0 Å². The number of rotatable bonds is 3. The van der Waals surface area contributed by atoms with Crippen molar-refractivity contribution < 1.29 is 0 Å². The average Bonchev–Trinajstić information content (AvgIpc) is 2.94. The molecule has 100 valence electrons. The molecule has 0 fully saturated rings. The van der Waals surface area contributed by atoms with Crippen molar-refractivity contribution in [1.82, 2.24) is 9.78 Å². The summed E-state index contributed by atoms with van der Waals surface area (Å²) in [5.41, 5.74) is 11.1. The second-order valence-corrected chi connectivity index (χ2v) is 6.15. The lowest BCUT2D eigenvalue weighted by Crippen LogP contribution is -1.99. The first-order valence-electron chi connectivity index (χ1n) is 6.71. The maximum absolute atomic E-state index is 5.84. The summed E-state index contributed by atoms with van der Waals surface area (Å²) in [6.45, 7) is 2.57. The number of nitrogens with two attached hydrogens (primary N) is 1. The molecule has 1 aromatic carbocycles. The molecule has 0 radical (unpaired) electrons. The molecule has 0 saturated heterocycles. The fourth-order valence-corrected chi connectivity index (χ4v) is 3.85. The summed E-state index contributed by atoms with van der Waals surface area (Å²) in [6.07, 6.45) is 3.75. The van der Waals surface area contributed by atoms with Crippen LogP contribution >= 0.6 is 11.8 Å². The van der Waals surface area contributed by atoms with Gasteiger partial charge in [-0.3, -0.25) is 4.68 Å². The first-order chi connectivity index (χ1) is 9.19. The van der Waals surface area contributed by atoms with Crippen molar-refractivity contribution >= 4 is 11.8 Å². The highest BCUT2D eigenvalue weighted by molar-refractivity contribution is 7.99. The van der Waals surface area contributed by atoms with Crippen LogP contribution in [0.1, 0.15) is 28.8 Å². The smallest absolute Gasteiger partial charge is 0.103 e. The molecule has 0 amide bonds. The zero-order chi connectivity index (χ0) is 13.4. The van der Waals surface area contributed by atoms with Gasteiger partial charge in [0, 0.05) is 24.1 Å². The topological polar surface area (TPSA) is 43.8 Å². The molecule has 0 atom stereocenters. The van der Waals surface area contributed by atoms with Crippen LogP contribution in [-0.4, -0.2) is 9.78 Å². The number of aryl methyl sites for hydroxylation is 4. The highest BCUT2D eigenvalue weighted by atomic mass is 32.2. The molecule has 0 aliphatic heterocycles. The van der Waals surface area contributed by atoms with Crippen molar-refractivity contribution in [3.63, 3.8) is 0 Å². The van der Waals surface area contributed by atoms with E-state index in [0.717, 1.165) is 16.3 Å². The van der Waals surface area contributed by atoms with Crippen molar-refractivity contribution in [2.24, 2.45) is 12.8 Å². The maximum atomic E-state index is 5.84. The molecule has 2 N–H and O–H groups in total. The van der Waals surface area contributed by atoms with E-state index >= 15 is 0 Å². The van der Waals surface area contributed by atoms with Crippen LogP contribution in [0.2, 0.25) is 0 Å². The van der Waals surface area contributed by atoms with Crippen LogP contribution in [0.15, 0.2) is 28.1 Å². The molecule has 1 aliphatic carbocycles. The molecule has 19 heavy (non-hydrogen) atoms. The van der Waals surface area contributed by atoms with E-state index in [9.17, 15) is 0 Å². The van der Waals surface area contributed by atoms with Crippen molar-refractivity contribution in [2.75, 3.05) is 0 Å². The third-order valence-electron chi connectivity index (χ3n) is 3.78. The van der Waals surface area contributed by atoms with E-state index in [2.05, 4.69) is 23.3 Å². The van der Waals surface area contributed by atoms with Crippen molar-refractivity contribution in [3.05, 3.63) is 40.6 Å². The van der Waals surface area contributed by atoms with Gasteiger partial charge in [-0.05, 0) is 49.4 Å². The Bertz CT molecular complexity index is 616. The molecule has 3 rings (SSSR count). The van der Waals surface area contributed by atoms with Crippen LogP contribution in [-0.2, 0) is 26.4 Å². The van der Waals surface area contributed by atoms with Crippen LogP contribution in [0.5, 0.6) is 0 Å². The molecule has 1 aliphatic rings. The number of hydrogen-bond acceptors (Lipinski definition) is 3. The fraction of sp³-hybridized carbons (Fsp3) is 0.400. The summed E-state index contributed by atoms with van der Waals surface area (Å²) in [5.74, 6) is 0. The first kappa shape index (κ1) is 12.8. The lowest BCUT2D eigenvalue weighted by molar-refractivity contribution is 0.688. The first-order valence-corrected chi connectivity index (χ1v) is 7.53.